The van der Waals surface area contributed by atoms with Gasteiger partial charge in [-0.15, -0.1) is 0 Å². The van der Waals surface area contributed by atoms with Crippen LogP contribution in [0.2, 0.25) is 10.0 Å². The topological polar surface area (TPSA) is 60.4 Å². The van der Waals surface area contributed by atoms with Gasteiger partial charge in [-0.3, -0.25) is 9.59 Å². The number of hydrogen-bond donors (Lipinski definition) is 0. The van der Waals surface area contributed by atoms with Gasteiger partial charge in [0.2, 0.25) is 0 Å². The van der Waals surface area contributed by atoms with Gasteiger partial charge in [-0.25, -0.2) is 0 Å². The van der Waals surface area contributed by atoms with Crippen LogP contribution in [-0.4, -0.2) is 11.8 Å². The van der Waals surface area contributed by atoms with Crippen molar-refractivity contribution >= 4 is 44.1 Å². The minimum Gasteiger partial charge on any atom is -0.460 e. The largest absolute Gasteiger partial charge is 0.460 e. The fraction of sp³-hybridized carbons (Fsp3) is 0.0909. The van der Waals surface area contributed by atoms with Crippen LogP contribution in [0.15, 0.2) is 78.9 Å². The number of ketones is 1. The molecule has 0 aliphatic rings. The Morgan fingerprint density at radius 2 is 1.31 bits per heavy atom. The van der Waals surface area contributed by atoms with Crippen LogP contribution in [0.5, 0.6) is 0 Å². The normalized spacial score (nSPS) is 11.0. The van der Waals surface area contributed by atoms with E-state index in [1.165, 1.54) is 9.12 Å². The average Bonchev–Trinajstić information content (AvgIpc) is 2.75. The van der Waals surface area contributed by atoms with Crippen molar-refractivity contribution in [2.45, 2.75) is 12.5 Å². The summed E-state index contributed by atoms with van der Waals surface area (Å²) in [5, 5.41) is 0.397. The second-order valence-corrected chi connectivity index (χ2v) is 6.71. The SMILES string of the molecule is O=C(OCc1ccccc1)C(C(=O)c1c(Cl)cccc1Cl)c1ccccc1.O=[PH2+]. The second-order valence-electron chi connectivity index (χ2n) is 5.90. The summed E-state index contributed by atoms with van der Waals surface area (Å²) in [6, 6.07) is 22.8. The zero-order valence-corrected chi connectivity index (χ0v) is 17.9. The molecular weight excluding hydrogens is 430 g/mol. The van der Waals surface area contributed by atoms with Gasteiger partial charge in [0.15, 0.2) is 5.78 Å². The molecule has 0 amide bonds. The third kappa shape index (κ3) is 5.98. The van der Waals surface area contributed by atoms with E-state index in [4.69, 9.17) is 32.5 Å². The summed E-state index contributed by atoms with van der Waals surface area (Å²) < 4.78 is 13.6. The minimum absolute atomic E-state index is 0.0759. The Morgan fingerprint density at radius 3 is 1.86 bits per heavy atom. The highest BCUT2D eigenvalue weighted by Crippen LogP contribution is 2.31. The molecule has 0 saturated carbocycles. The molecular formula is C22H18Cl2O4P+. The van der Waals surface area contributed by atoms with Crippen LogP contribution in [-0.2, 0) is 20.7 Å². The van der Waals surface area contributed by atoms with Crippen LogP contribution < -0.4 is 0 Å². The Labute approximate surface area is 181 Å². The first-order valence-electron chi connectivity index (χ1n) is 8.55. The summed E-state index contributed by atoms with van der Waals surface area (Å²) in [6.45, 7) is 0.0759. The lowest BCUT2D eigenvalue weighted by atomic mass is 9.90. The fourth-order valence-electron chi connectivity index (χ4n) is 2.73. The van der Waals surface area contributed by atoms with E-state index in [9.17, 15) is 9.59 Å². The zero-order valence-electron chi connectivity index (χ0n) is 15.3. The summed E-state index contributed by atoms with van der Waals surface area (Å²) in [5.74, 6) is -2.28. The fourth-order valence-corrected chi connectivity index (χ4v) is 3.31. The number of halogens is 2. The van der Waals surface area contributed by atoms with Gasteiger partial charge in [0, 0.05) is 0 Å². The molecule has 3 rings (SSSR count). The highest BCUT2D eigenvalue weighted by atomic mass is 35.5. The Balaban J connectivity index is 0.00000145. The third-order valence-electron chi connectivity index (χ3n) is 4.06. The summed E-state index contributed by atoms with van der Waals surface area (Å²) in [5.41, 5.74) is 1.48. The van der Waals surface area contributed by atoms with Crippen molar-refractivity contribution in [1.29, 1.82) is 0 Å². The smallest absolute Gasteiger partial charge is 0.321 e. The number of carbonyl (C=O) groups excluding carboxylic acids is 2. The highest BCUT2D eigenvalue weighted by Gasteiger charge is 2.33. The molecule has 0 aliphatic carbocycles. The molecule has 3 aromatic carbocycles. The van der Waals surface area contributed by atoms with Gasteiger partial charge in [0.05, 0.1) is 15.6 Å². The molecule has 7 heteroatoms. The number of rotatable bonds is 6. The van der Waals surface area contributed by atoms with Crippen molar-refractivity contribution in [2.24, 2.45) is 0 Å². The molecule has 0 heterocycles. The van der Waals surface area contributed by atoms with Gasteiger partial charge in [-0.2, -0.15) is 0 Å². The summed E-state index contributed by atoms with van der Waals surface area (Å²) in [4.78, 5) is 26.0. The molecule has 4 nitrogen and oxygen atoms in total. The molecule has 2 unspecified atom stereocenters. The maximum Gasteiger partial charge on any atom is 0.321 e. The van der Waals surface area contributed by atoms with E-state index in [1.807, 2.05) is 36.4 Å². The van der Waals surface area contributed by atoms with E-state index < -0.39 is 17.7 Å². The molecule has 0 saturated heterocycles. The molecule has 2 atom stereocenters. The van der Waals surface area contributed by atoms with Crippen molar-refractivity contribution < 1.29 is 18.9 Å². The molecule has 0 spiro atoms. The lowest BCUT2D eigenvalue weighted by molar-refractivity contribution is -0.145. The first-order valence-corrected chi connectivity index (χ1v) is 9.78. The first-order chi connectivity index (χ1) is 14.1. The van der Waals surface area contributed by atoms with Crippen LogP contribution in [0, 0.1) is 0 Å². The third-order valence-corrected chi connectivity index (χ3v) is 4.69. The maximum absolute atomic E-state index is 13.2. The number of Topliss-reactive ketones (excluding diaryl/α,β-unsaturated/α-hetero) is 1. The number of esters is 1. The Morgan fingerprint density at radius 1 is 0.793 bits per heavy atom. The Kier molecular flexibility index (Phi) is 9.01. The van der Waals surface area contributed by atoms with E-state index in [0.29, 0.717) is 5.56 Å². The number of ether oxygens (including phenoxy) is 1. The van der Waals surface area contributed by atoms with E-state index in [-0.39, 0.29) is 22.2 Å². The van der Waals surface area contributed by atoms with Crippen LogP contribution >= 0.6 is 32.3 Å². The lowest BCUT2D eigenvalue weighted by Crippen LogP contribution is -2.25. The maximum atomic E-state index is 13.2. The number of hydrogen-bond acceptors (Lipinski definition) is 4. The van der Waals surface area contributed by atoms with Gasteiger partial charge in [-0.1, -0.05) is 94.5 Å². The molecule has 0 aliphatic heterocycles. The molecule has 148 valence electrons. The Bertz CT molecular complexity index is 945. The molecule has 3 aromatic rings. The van der Waals surface area contributed by atoms with E-state index in [2.05, 4.69) is 0 Å². The van der Waals surface area contributed by atoms with Crippen LogP contribution in [0.1, 0.15) is 27.4 Å². The molecule has 0 fully saturated rings. The van der Waals surface area contributed by atoms with Crippen molar-refractivity contribution in [1.82, 2.24) is 0 Å². The summed E-state index contributed by atoms with van der Waals surface area (Å²) in [6.07, 6.45) is 0. The van der Waals surface area contributed by atoms with E-state index in [0.717, 1.165) is 5.56 Å². The van der Waals surface area contributed by atoms with E-state index in [1.54, 1.807) is 42.5 Å². The predicted molar refractivity (Wildman–Crippen MR) is 117 cm³/mol. The molecule has 0 bridgehead atoms. The minimum atomic E-state index is -1.15. The van der Waals surface area contributed by atoms with Gasteiger partial charge in [-0.05, 0) is 23.3 Å². The first kappa shape index (κ1) is 22.8. The highest BCUT2D eigenvalue weighted by molar-refractivity contribution is 7.00. The van der Waals surface area contributed by atoms with Crippen molar-refractivity contribution in [3.8, 4) is 0 Å². The van der Waals surface area contributed by atoms with E-state index >= 15 is 0 Å². The summed E-state index contributed by atoms with van der Waals surface area (Å²) >= 11 is 12.4. The predicted octanol–water partition coefficient (Wildman–Crippen LogP) is 5.91. The average molecular weight is 448 g/mol. The monoisotopic (exact) mass is 447 g/mol. The van der Waals surface area contributed by atoms with Crippen LogP contribution in [0.4, 0.5) is 0 Å². The number of carbonyl (C=O) groups is 2. The van der Waals surface area contributed by atoms with Gasteiger partial charge in [0.1, 0.15) is 12.5 Å². The van der Waals surface area contributed by atoms with Crippen molar-refractivity contribution in [3.05, 3.63) is 106 Å². The summed E-state index contributed by atoms with van der Waals surface area (Å²) in [7, 11) is 1.17. The lowest BCUT2D eigenvalue weighted by Gasteiger charge is -2.17. The number of benzene rings is 3. The van der Waals surface area contributed by atoms with Gasteiger partial charge < -0.3 is 4.74 Å². The van der Waals surface area contributed by atoms with Gasteiger partial charge >= 0.3 is 15.1 Å². The standard InChI is InChI=1S/C22H16Cl2O3.H2OP/c23-17-12-7-13-18(24)20(17)21(25)19(16-10-5-2-6-11-16)22(26)27-14-15-8-3-1-4-9-15;1-2/h1-13,19H,14H2;2H2/q;+1. The molecule has 0 aromatic heterocycles. The Hall–Kier alpha value is -2.52. The van der Waals surface area contributed by atoms with Crippen LogP contribution in [0.3, 0.4) is 0 Å². The quantitative estimate of drug-likeness (QED) is 0.204. The second kappa shape index (κ2) is 11.5. The molecule has 29 heavy (non-hydrogen) atoms. The van der Waals surface area contributed by atoms with Crippen molar-refractivity contribution in [3.63, 3.8) is 0 Å². The molecule has 0 N–H and O–H groups in total. The van der Waals surface area contributed by atoms with Crippen molar-refractivity contribution in [2.75, 3.05) is 0 Å². The van der Waals surface area contributed by atoms with Crippen LogP contribution in [0.25, 0.3) is 0 Å². The van der Waals surface area contributed by atoms with Gasteiger partial charge in [0.25, 0.3) is 0 Å². The molecule has 0 radical (unpaired) electrons. The zero-order chi connectivity index (χ0) is 21.2.